The molecule has 0 aliphatic heterocycles. The Morgan fingerprint density at radius 2 is 0.594 bits per heavy atom. The lowest BCUT2D eigenvalue weighted by Gasteiger charge is -2.18. The largest absolute Gasteiger partial charge is 0.456 e. The van der Waals surface area contributed by atoms with E-state index in [2.05, 4.69) is 146 Å². The van der Waals surface area contributed by atoms with Crippen LogP contribution in [-0.2, 0) is 0 Å². The van der Waals surface area contributed by atoms with E-state index in [4.69, 9.17) is 8.83 Å². The van der Waals surface area contributed by atoms with Crippen LogP contribution in [0.25, 0.3) is 131 Å². The highest BCUT2D eigenvalue weighted by atomic mass is 16.3. The molecule has 0 atom stereocenters. The SMILES string of the molecule is O=c1c2ccc(-c3c4ccccc4c(-c4ccccc4)c4ccccc34)cc2oc2c1ccc1oc3cc(-c4c5ccccc5c(-c5ccccc5)c5ccccc45)ccc3c(=O)c12. The van der Waals surface area contributed by atoms with Gasteiger partial charge in [-0.2, -0.15) is 0 Å². The molecule has 2 aromatic heterocycles. The minimum atomic E-state index is -0.255. The fraction of sp³-hybridized carbons (Fsp3) is 0. The van der Waals surface area contributed by atoms with E-state index in [-0.39, 0.29) is 21.8 Å². The van der Waals surface area contributed by atoms with Crippen molar-refractivity contribution in [3.05, 3.63) is 227 Å². The third-order valence-corrected chi connectivity index (χ3v) is 13.0. The Bertz CT molecular complexity index is 4110. The highest BCUT2D eigenvalue weighted by Gasteiger charge is 2.22. The molecule has 0 saturated heterocycles. The summed E-state index contributed by atoms with van der Waals surface area (Å²) in [7, 11) is 0. The van der Waals surface area contributed by atoms with Crippen LogP contribution in [0.3, 0.4) is 0 Å². The van der Waals surface area contributed by atoms with Gasteiger partial charge < -0.3 is 8.83 Å². The van der Waals surface area contributed by atoms with E-state index < -0.39 is 0 Å². The second-order valence-electron chi connectivity index (χ2n) is 16.5. The molecule has 0 N–H and O–H groups in total. The van der Waals surface area contributed by atoms with Gasteiger partial charge in [0.25, 0.3) is 0 Å². The number of fused-ring (bicyclic) bond motifs is 9. The van der Waals surface area contributed by atoms with Crippen LogP contribution in [0.2, 0.25) is 0 Å². The molecule has 0 saturated carbocycles. The van der Waals surface area contributed by atoms with Gasteiger partial charge in [0.05, 0.1) is 16.2 Å². The van der Waals surface area contributed by atoms with Gasteiger partial charge >= 0.3 is 0 Å². The molecule has 0 unspecified atom stereocenters. The third kappa shape index (κ3) is 5.30. The molecular weight excluding hydrogens is 785 g/mol. The lowest BCUT2D eigenvalue weighted by Crippen LogP contribution is -2.07. The molecule has 13 aromatic rings. The molecule has 13 rings (SSSR count). The molecule has 298 valence electrons. The molecule has 0 radical (unpaired) electrons. The van der Waals surface area contributed by atoms with E-state index in [1.807, 2.05) is 48.5 Å². The van der Waals surface area contributed by atoms with Gasteiger partial charge in [0.15, 0.2) is 5.58 Å². The first kappa shape index (κ1) is 36.1. The van der Waals surface area contributed by atoms with Gasteiger partial charge in [-0.15, -0.1) is 0 Å². The van der Waals surface area contributed by atoms with Crippen molar-refractivity contribution in [1.29, 1.82) is 0 Å². The average Bonchev–Trinajstić information content (AvgIpc) is 3.35. The Hall–Kier alpha value is -8.60. The summed E-state index contributed by atoms with van der Waals surface area (Å²) >= 11 is 0. The van der Waals surface area contributed by atoms with E-state index in [0.29, 0.717) is 32.9 Å². The molecule has 4 heteroatoms. The molecule has 11 aromatic carbocycles. The van der Waals surface area contributed by atoms with Gasteiger partial charge in [-0.3, -0.25) is 9.59 Å². The monoisotopic (exact) mass is 818 g/mol. The fourth-order valence-electron chi connectivity index (χ4n) is 10.3. The van der Waals surface area contributed by atoms with Crippen molar-refractivity contribution < 1.29 is 8.83 Å². The summed E-state index contributed by atoms with van der Waals surface area (Å²) in [5.74, 6) is 0. The zero-order chi connectivity index (χ0) is 42.5. The molecule has 0 aliphatic rings. The Kier molecular flexibility index (Phi) is 7.87. The minimum absolute atomic E-state index is 0.202. The van der Waals surface area contributed by atoms with Gasteiger partial charge in [0.2, 0.25) is 10.9 Å². The summed E-state index contributed by atoms with van der Waals surface area (Å²) in [6.07, 6.45) is 0. The second kappa shape index (κ2) is 14.0. The molecule has 4 nitrogen and oxygen atoms in total. The van der Waals surface area contributed by atoms with E-state index in [1.54, 1.807) is 12.1 Å². The van der Waals surface area contributed by atoms with Crippen molar-refractivity contribution in [3.63, 3.8) is 0 Å². The second-order valence-corrected chi connectivity index (χ2v) is 16.5. The molecular formula is C60H34O4. The minimum Gasteiger partial charge on any atom is -0.456 e. The van der Waals surface area contributed by atoms with Crippen molar-refractivity contribution in [2.45, 2.75) is 0 Å². The maximum atomic E-state index is 14.7. The van der Waals surface area contributed by atoms with E-state index in [1.165, 1.54) is 11.1 Å². The van der Waals surface area contributed by atoms with Crippen molar-refractivity contribution in [1.82, 2.24) is 0 Å². The summed E-state index contributed by atoms with van der Waals surface area (Å²) in [5.41, 5.74) is 9.58. The van der Waals surface area contributed by atoms with Crippen LogP contribution in [0.15, 0.2) is 225 Å². The number of benzene rings is 11. The van der Waals surface area contributed by atoms with Crippen LogP contribution in [0.5, 0.6) is 0 Å². The van der Waals surface area contributed by atoms with Crippen LogP contribution in [0.4, 0.5) is 0 Å². The molecule has 0 aliphatic carbocycles. The molecule has 2 heterocycles. The van der Waals surface area contributed by atoms with Crippen molar-refractivity contribution in [2.75, 3.05) is 0 Å². The molecule has 0 amide bonds. The predicted octanol–water partition coefficient (Wildman–Crippen LogP) is 15.5. The van der Waals surface area contributed by atoms with Gasteiger partial charge in [-0.05, 0) is 124 Å². The first-order valence-electron chi connectivity index (χ1n) is 21.5. The lowest BCUT2D eigenvalue weighted by atomic mass is 9.86. The topological polar surface area (TPSA) is 60.4 Å². The van der Waals surface area contributed by atoms with Crippen molar-refractivity contribution in [3.8, 4) is 44.5 Å². The Morgan fingerprint density at radius 1 is 0.250 bits per heavy atom. The fourth-order valence-corrected chi connectivity index (χ4v) is 10.3. The normalized spacial score (nSPS) is 11.9. The number of rotatable bonds is 4. The van der Waals surface area contributed by atoms with Crippen molar-refractivity contribution >= 4 is 87.0 Å². The molecule has 64 heavy (non-hydrogen) atoms. The smallest absolute Gasteiger partial charge is 0.204 e. The summed E-state index contributed by atoms with van der Waals surface area (Å²) in [6, 6.07) is 70.0. The summed E-state index contributed by atoms with van der Waals surface area (Å²) < 4.78 is 13.4. The Morgan fingerprint density at radius 3 is 1.02 bits per heavy atom. The highest BCUT2D eigenvalue weighted by molar-refractivity contribution is 6.23. The van der Waals surface area contributed by atoms with Crippen LogP contribution in [0.1, 0.15) is 0 Å². The van der Waals surface area contributed by atoms with Gasteiger partial charge in [-0.25, -0.2) is 0 Å². The van der Waals surface area contributed by atoms with Gasteiger partial charge in [-0.1, -0.05) is 170 Å². The van der Waals surface area contributed by atoms with Crippen LogP contribution in [-0.4, -0.2) is 0 Å². The molecule has 0 bridgehead atoms. The lowest BCUT2D eigenvalue weighted by molar-refractivity contribution is 0.649. The first-order valence-corrected chi connectivity index (χ1v) is 21.5. The van der Waals surface area contributed by atoms with E-state index in [9.17, 15) is 9.59 Å². The van der Waals surface area contributed by atoms with Crippen LogP contribution in [0, 0.1) is 0 Å². The highest BCUT2D eigenvalue weighted by Crippen LogP contribution is 2.46. The summed E-state index contributed by atoms with van der Waals surface area (Å²) in [6.45, 7) is 0. The van der Waals surface area contributed by atoms with Gasteiger partial charge in [0, 0.05) is 0 Å². The average molecular weight is 819 g/mol. The summed E-state index contributed by atoms with van der Waals surface area (Å²) in [5, 5.41) is 10.4. The van der Waals surface area contributed by atoms with Gasteiger partial charge in [0.1, 0.15) is 22.1 Å². The van der Waals surface area contributed by atoms with E-state index >= 15 is 0 Å². The maximum Gasteiger partial charge on any atom is 0.204 e. The molecule has 0 spiro atoms. The maximum absolute atomic E-state index is 14.7. The third-order valence-electron chi connectivity index (χ3n) is 13.0. The first-order chi connectivity index (χ1) is 31.6. The number of hydrogen-bond donors (Lipinski definition) is 0. The Balaban J connectivity index is 1.01. The number of hydrogen-bond acceptors (Lipinski definition) is 4. The van der Waals surface area contributed by atoms with Crippen LogP contribution >= 0.6 is 0 Å². The van der Waals surface area contributed by atoms with E-state index in [0.717, 1.165) is 76.5 Å². The zero-order valence-electron chi connectivity index (χ0n) is 34.3. The molecule has 0 fully saturated rings. The van der Waals surface area contributed by atoms with Crippen LogP contribution < -0.4 is 10.9 Å². The quantitative estimate of drug-likeness (QED) is 0.131. The standard InChI is InChI=1S/C60H34O4/c61-58-47-29-27-38(56-45-25-13-9-21-41(45)54(36-17-5-2-6-18-36)42-22-10-14-26-46(42)56)34-52(47)64-60-49(58)31-32-50-57(60)59(62)48-30-28-37(33-51(48)63-50)55-43-23-11-7-19-39(43)53(35-15-3-1-4-16-35)40-20-8-12-24-44(40)55/h1-34H. The summed E-state index contributed by atoms with van der Waals surface area (Å²) in [4.78, 5) is 29.0. The predicted molar refractivity (Wildman–Crippen MR) is 265 cm³/mol. The Labute approximate surface area is 365 Å². The van der Waals surface area contributed by atoms with Crippen molar-refractivity contribution in [2.24, 2.45) is 0 Å². The zero-order valence-corrected chi connectivity index (χ0v) is 34.3.